The van der Waals surface area contributed by atoms with Crippen LogP contribution in [0, 0.1) is 18.3 Å². The van der Waals surface area contributed by atoms with Gasteiger partial charge in [-0.2, -0.15) is 5.26 Å². The minimum Gasteiger partial charge on any atom is -0.478 e. The lowest BCUT2D eigenvalue weighted by Gasteiger charge is -2.10. The Labute approximate surface area is 120 Å². The summed E-state index contributed by atoms with van der Waals surface area (Å²) in [5.41, 5.74) is 1.23. The van der Waals surface area contributed by atoms with Crippen molar-refractivity contribution in [3.63, 3.8) is 0 Å². The van der Waals surface area contributed by atoms with E-state index in [1.165, 1.54) is 18.2 Å². The van der Waals surface area contributed by atoms with Crippen molar-refractivity contribution in [1.82, 2.24) is 0 Å². The van der Waals surface area contributed by atoms with E-state index in [-0.39, 0.29) is 11.3 Å². The molecule has 0 fully saturated rings. The lowest BCUT2D eigenvalue weighted by Crippen LogP contribution is -2.00. The first-order valence-corrected chi connectivity index (χ1v) is 6.10. The first-order valence-electron chi connectivity index (χ1n) is 5.72. The third-order valence-electron chi connectivity index (χ3n) is 2.65. The second kappa shape index (κ2) is 5.64. The van der Waals surface area contributed by atoms with E-state index in [4.69, 9.17) is 26.7 Å². The Balaban J connectivity index is 2.47. The predicted molar refractivity (Wildman–Crippen MR) is 74.4 cm³/mol. The van der Waals surface area contributed by atoms with Gasteiger partial charge < -0.3 is 9.84 Å². The summed E-state index contributed by atoms with van der Waals surface area (Å²) in [6.45, 7) is 1.85. The van der Waals surface area contributed by atoms with Crippen LogP contribution in [0.25, 0.3) is 0 Å². The van der Waals surface area contributed by atoms with Gasteiger partial charge in [0.25, 0.3) is 0 Å². The lowest BCUT2D eigenvalue weighted by molar-refractivity contribution is 0.0694. The standard InChI is InChI=1S/C15H10ClNO3/c1-9-2-5-13(10(6-9)8-17)20-14-7-11(16)3-4-12(14)15(18)19/h2-7H,1H3,(H,18,19). The maximum Gasteiger partial charge on any atom is 0.339 e. The molecule has 2 rings (SSSR count). The maximum atomic E-state index is 11.1. The molecular formula is C15H10ClNO3. The van der Waals surface area contributed by atoms with Crippen molar-refractivity contribution in [2.75, 3.05) is 0 Å². The number of halogens is 1. The second-order valence-corrected chi connectivity index (χ2v) is 4.60. The third kappa shape index (κ3) is 2.90. The number of hydrogen-bond acceptors (Lipinski definition) is 3. The van der Waals surface area contributed by atoms with E-state index in [1.807, 2.05) is 13.0 Å². The molecule has 20 heavy (non-hydrogen) atoms. The van der Waals surface area contributed by atoms with E-state index in [0.717, 1.165) is 5.56 Å². The van der Waals surface area contributed by atoms with Crippen LogP contribution in [0.4, 0.5) is 0 Å². The summed E-state index contributed by atoms with van der Waals surface area (Å²) in [5.74, 6) is -0.726. The number of carbonyl (C=O) groups is 1. The molecule has 0 aliphatic rings. The summed E-state index contributed by atoms with van der Waals surface area (Å²) in [6, 6.07) is 11.3. The zero-order valence-corrected chi connectivity index (χ0v) is 11.3. The molecule has 0 heterocycles. The van der Waals surface area contributed by atoms with Gasteiger partial charge in [-0.3, -0.25) is 0 Å². The fraction of sp³-hybridized carbons (Fsp3) is 0.0667. The summed E-state index contributed by atoms with van der Waals surface area (Å²) >= 11 is 5.85. The van der Waals surface area contributed by atoms with Gasteiger partial charge in [-0.1, -0.05) is 17.7 Å². The number of nitrogens with zero attached hydrogens (tertiary/aromatic N) is 1. The molecule has 2 aromatic carbocycles. The van der Waals surface area contributed by atoms with E-state index >= 15 is 0 Å². The topological polar surface area (TPSA) is 70.3 Å². The minimum atomic E-state index is -1.12. The SMILES string of the molecule is Cc1ccc(Oc2cc(Cl)ccc2C(=O)O)c(C#N)c1. The molecule has 2 aromatic rings. The fourth-order valence-corrected chi connectivity index (χ4v) is 1.86. The minimum absolute atomic E-state index is 0.0149. The highest BCUT2D eigenvalue weighted by Crippen LogP contribution is 2.30. The first kappa shape index (κ1) is 13.9. The molecule has 0 saturated heterocycles. The Kier molecular flexibility index (Phi) is 3.92. The molecule has 0 aliphatic carbocycles. The predicted octanol–water partition coefficient (Wildman–Crippen LogP) is 4.01. The van der Waals surface area contributed by atoms with Crippen molar-refractivity contribution in [1.29, 1.82) is 5.26 Å². The van der Waals surface area contributed by atoms with Crippen LogP contribution in [-0.2, 0) is 0 Å². The molecule has 0 radical (unpaired) electrons. The Bertz CT molecular complexity index is 720. The van der Waals surface area contributed by atoms with Gasteiger partial charge in [0, 0.05) is 11.1 Å². The number of hydrogen-bond donors (Lipinski definition) is 1. The molecule has 0 amide bonds. The summed E-state index contributed by atoms with van der Waals surface area (Å²) in [6.07, 6.45) is 0. The van der Waals surface area contributed by atoms with Crippen molar-refractivity contribution < 1.29 is 14.6 Å². The van der Waals surface area contributed by atoms with E-state index in [1.54, 1.807) is 18.2 Å². The fourth-order valence-electron chi connectivity index (χ4n) is 1.70. The van der Waals surface area contributed by atoms with E-state index in [9.17, 15) is 4.79 Å². The molecule has 0 saturated carbocycles. The maximum absolute atomic E-state index is 11.1. The van der Waals surface area contributed by atoms with Gasteiger partial charge in [-0.05, 0) is 36.8 Å². The smallest absolute Gasteiger partial charge is 0.339 e. The van der Waals surface area contributed by atoms with Crippen LogP contribution in [0.15, 0.2) is 36.4 Å². The van der Waals surface area contributed by atoms with Crippen LogP contribution in [0.3, 0.4) is 0 Å². The number of rotatable bonds is 3. The normalized spacial score (nSPS) is 9.85. The molecule has 0 aliphatic heterocycles. The molecule has 0 unspecified atom stereocenters. The molecule has 100 valence electrons. The monoisotopic (exact) mass is 287 g/mol. The zero-order valence-electron chi connectivity index (χ0n) is 10.6. The van der Waals surface area contributed by atoms with Crippen LogP contribution in [-0.4, -0.2) is 11.1 Å². The first-order chi connectivity index (χ1) is 9.51. The Morgan fingerprint density at radius 3 is 2.65 bits per heavy atom. The Morgan fingerprint density at radius 2 is 2.00 bits per heavy atom. The summed E-state index contributed by atoms with van der Waals surface area (Å²) < 4.78 is 5.54. The quantitative estimate of drug-likeness (QED) is 0.926. The van der Waals surface area contributed by atoms with Crippen molar-refractivity contribution in [2.45, 2.75) is 6.92 Å². The van der Waals surface area contributed by atoms with E-state index in [2.05, 4.69) is 0 Å². The highest BCUT2D eigenvalue weighted by atomic mass is 35.5. The van der Waals surface area contributed by atoms with Gasteiger partial charge in [-0.15, -0.1) is 0 Å². The van der Waals surface area contributed by atoms with Gasteiger partial charge in [0.2, 0.25) is 0 Å². The number of benzene rings is 2. The third-order valence-corrected chi connectivity index (χ3v) is 2.88. The number of ether oxygens (including phenoxy) is 1. The van der Waals surface area contributed by atoms with Crippen LogP contribution < -0.4 is 4.74 Å². The average Bonchev–Trinajstić information content (AvgIpc) is 2.40. The average molecular weight is 288 g/mol. The van der Waals surface area contributed by atoms with Gasteiger partial charge in [-0.25, -0.2) is 4.79 Å². The summed E-state index contributed by atoms with van der Waals surface area (Å²) in [7, 11) is 0. The molecule has 5 heteroatoms. The Morgan fingerprint density at radius 1 is 1.25 bits per heavy atom. The number of carboxylic acid groups (broad SMARTS) is 1. The van der Waals surface area contributed by atoms with Crippen molar-refractivity contribution in [3.05, 3.63) is 58.1 Å². The van der Waals surface area contributed by atoms with E-state index < -0.39 is 5.97 Å². The molecule has 0 bridgehead atoms. The highest BCUT2D eigenvalue weighted by Gasteiger charge is 2.14. The van der Waals surface area contributed by atoms with Crippen LogP contribution >= 0.6 is 11.6 Å². The largest absolute Gasteiger partial charge is 0.478 e. The number of nitriles is 1. The molecular weight excluding hydrogens is 278 g/mol. The molecule has 4 nitrogen and oxygen atoms in total. The van der Waals surface area contributed by atoms with Crippen molar-refractivity contribution in [2.24, 2.45) is 0 Å². The van der Waals surface area contributed by atoms with Crippen LogP contribution in [0.2, 0.25) is 5.02 Å². The van der Waals surface area contributed by atoms with Crippen LogP contribution in [0.1, 0.15) is 21.5 Å². The van der Waals surface area contributed by atoms with Crippen molar-refractivity contribution in [3.8, 4) is 17.6 Å². The molecule has 0 spiro atoms. The summed E-state index contributed by atoms with van der Waals surface area (Å²) in [4.78, 5) is 11.1. The highest BCUT2D eigenvalue weighted by molar-refractivity contribution is 6.30. The zero-order chi connectivity index (χ0) is 14.7. The van der Waals surface area contributed by atoms with Gasteiger partial charge in [0.15, 0.2) is 0 Å². The molecule has 0 atom stereocenters. The Hall–Kier alpha value is -2.51. The lowest BCUT2D eigenvalue weighted by atomic mass is 10.1. The van der Waals surface area contributed by atoms with Gasteiger partial charge in [0.1, 0.15) is 23.1 Å². The molecule has 1 N–H and O–H groups in total. The van der Waals surface area contributed by atoms with Gasteiger partial charge in [0.05, 0.1) is 5.56 Å². The van der Waals surface area contributed by atoms with Crippen molar-refractivity contribution >= 4 is 17.6 Å². The summed E-state index contributed by atoms with van der Waals surface area (Å²) in [5, 5.41) is 18.6. The number of aryl methyl sites for hydroxylation is 1. The van der Waals surface area contributed by atoms with E-state index in [0.29, 0.717) is 16.3 Å². The number of carboxylic acids is 1. The number of aromatic carboxylic acids is 1. The molecule has 0 aromatic heterocycles. The van der Waals surface area contributed by atoms with Crippen LogP contribution in [0.5, 0.6) is 11.5 Å². The second-order valence-electron chi connectivity index (χ2n) is 4.16. The van der Waals surface area contributed by atoms with Gasteiger partial charge >= 0.3 is 5.97 Å².